The minimum atomic E-state index is 0. The maximum atomic E-state index is 4.34. The second-order valence-electron chi connectivity index (χ2n) is 3.74. The molecule has 17 heavy (non-hydrogen) atoms. The largest absolute Gasteiger partial charge is 0.354 e. The monoisotopic (exact) mass is 289 g/mol. The van der Waals surface area contributed by atoms with Crippen LogP contribution >= 0.6 is 35.1 Å². The molecule has 94 valence electrons. The molecule has 0 amide bonds. The first-order valence-corrected chi connectivity index (χ1v) is 6.85. The third-order valence-electron chi connectivity index (χ3n) is 2.13. The Balaban J connectivity index is 0.00000144. The third-order valence-corrected chi connectivity index (χ3v) is 4.03. The fourth-order valence-electron chi connectivity index (χ4n) is 1.31. The van der Waals surface area contributed by atoms with Gasteiger partial charge in [0.2, 0.25) is 0 Å². The van der Waals surface area contributed by atoms with Crippen molar-refractivity contribution in [1.82, 2.24) is 10.3 Å². The molecule has 0 fully saturated rings. The summed E-state index contributed by atoms with van der Waals surface area (Å²) >= 11 is 3.47. The predicted octanol–water partition coefficient (Wildman–Crippen LogP) is 2.98. The van der Waals surface area contributed by atoms with E-state index in [4.69, 9.17) is 0 Å². The molecule has 2 rings (SSSR count). The number of anilines is 1. The van der Waals surface area contributed by atoms with Gasteiger partial charge in [0.15, 0.2) is 5.13 Å². The van der Waals surface area contributed by atoms with Crippen molar-refractivity contribution >= 4 is 40.2 Å². The quantitative estimate of drug-likeness (QED) is 0.917. The van der Waals surface area contributed by atoms with Gasteiger partial charge < -0.3 is 10.2 Å². The maximum absolute atomic E-state index is 4.34. The van der Waals surface area contributed by atoms with E-state index in [0.29, 0.717) is 0 Å². The van der Waals surface area contributed by atoms with Crippen molar-refractivity contribution in [3.05, 3.63) is 33.5 Å². The first-order chi connectivity index (χ1) is 7.75. The van der Waals surface area contributed by atoms with E-state index >= 15 is 0 Å². The first kappa shape index (κ1) is 14.4. The summed E-state index contributed by atoms with van der Waals surface area (Å²) in [4.78, 5) is 7.65. The molecule has 3 nitrogen and oxygen atoms in total. The second kappa shape index (κ2) is 6.96. The number of hydrogen-bond acceptors (Lipinski definition) is 5. The highest BCUT2D eigenvalue weighted by Gasteiger charge is 2.02. The predicted molar refractivity (Wildman–Crippen MR) is 78.6 cm³/mol. The molecule has 1 N–H and O–H groups in total. The van der Waals surface area contributed by atoms with Crippen molar-refractivity contribution in [3.63, 3.8) is 0 Å². The number of rotatable bonds is 5. The van der Waals surface area contributed by atoms with Crippen molar-refractivity contribution in [2.24, 2.45) is 0 Å². The molecule has 0 aliphatic heterocycles. The average molecular weight is 290 g/mol. The molecule has 2 aromatic heterocycles. The van der Waals surface area contributed by atoms with E-state index in [1.807, 2.05) is 25.2 Å². The molecule has 0 aliphatic carbocycles. The van der Waals surface area contributed by atoms with Crippen LogP contribution in [0.5, 0.6) is 0 Å². The zero-order valence-corrected chi connectivity index (χ0v) is 12.3. The van der Waals surface area contributed by atoms with Crippen molar-refractivity contribution < 1.29 is 0 Å². The molecule has 0 spiro atoms. The van der Waals surface area contributed by atoms with E-state index in [-0.39, 0.29) is 12.4 Å². The molecule has 6 heteroatoms. The van der Waals surface area contributed by atoms with Crippen LogP contribution in [0, 0.1) is 0 Å². The van der Waals surface area contributed by atoms with Gasteiger partial charge in [0, 0.05) is 38.3 Å². The van der Waals surface area contributed by atoms with Gasteiger partial charge in [-0.3, -0.25) is 0 Å². The van der Waals surface area contributed by atoms with E-state index in [1.54, 1.807) is 22.7 Å². The van der Waals surface area contributed by atoms with Gasteiger partial charge in [0.1, 0.15) is 0 Å². The van der Waals surface area contributed by atoms with Crippen LogP contribution in [-0.4, -0.2) is 19.1 Å². The van der Waals surface area contributed by atoms with Crippen molar-refractivity contribution in [2.45, 2.75) is 13.1 Å². The molecule has 2 aromatic rings. The number of hydrogen-bond donors (Lipinski definition) is 1. The summed E-state index contributed by atoms with van der Waals surface area (Å²) in [6.07, 6.45) is 1.95. The Labute approximate surface area is 116 Å². The molecule has 0 saturated heterocycles. The van der Waals surface area contributed by atoms with Crippen LogP contribution in [0.2, 0.25) is 0 Å². The Kier molecular flexibility index (Phi) is 5.91. The highest BCUT2D eigenvalue weighted by molar-refractivity contribution is 7.15. The number of halogens is 1. The van der Waals surface area contributed by atoms with Crippen LogP contribution in [0.3, 0.4) is 0 Å². The highest BCUT2D eigenvalue weighted by atomic mass is 35.5. The van der Waals surface area contributed by atoms with Gasteiger partial charge in [0.25, 0.3) is 0 Å². The lowest BCUT2D eigenvalue weighted by Crippen LogP contribution is -2.11. The zero-order chi connectivity index (χ0) is 11.4. The smallest absolute Gasteiger partial charge is 0.185 e. The number of aromatic nitrogens is 1. The fourth-order valence-corrected chi connectivity index (χ4v) is 2.78. The molecule has 0 unspecified atom stereocenters. The summed E-state index contributed by atoms with van der Waals surface area (Å²) in [6.45, 7) is 1.82. The van der Waals surface area contributed by atoms with Gasteiger partial charge in [-0.05, 0) is 22.4 Å². The number of thiazole rings is 1. The molecular formula is C11H16ClN3S2. The van der Waals surface area contributed by atoms with Gasteiger partial charge in [-0.25, -0.2) is 4.98 Å². The lowest BCUT2D eigenvalue weighted by Gasteiger charge is -2.05. The van der Waals surface area contributed by atoms with Crippen LogP contribution in [0.15, 0.2) is 23.0 Å². The van der Waals surface area contributed by atoms with Gasteiger partial charge in [-0.2, -0.15) is 11.3 Å². The van der Waals surface area contributed by atoms with Gasteiger partial charge in [-0.15, -0.1) is 23.7 Å². The van der Waals surface area contributed by atoms with Gasteiger partial charge in [-0.1, -0.05) is 0 Å². The summed E-state index contributed by atoms with van der Waals surface area (Å²) in [5.74, 6) is 0. The van der Waals surface area contributed by atoms with Crippen molar-refractivity contribution in [2.75, 3.05) is 19.0 Å². The number of nitrogens with one attached hydrogen (secondary N) is 1. The Hall–Kier alpha value is -0.620. The maximum Gasteiger partial charge on any atom is 0.185 e. The molecule has 0 atom stereocenters. The highest BCUT2D eigenvalue weighted by Crippen LogP contribution is 2.20. The van der Waals surface area contributed by atoms with Crippen LogP contribution < -0.4 is 10.2 Å². The molecule has 0 bridgehead atoms. The molecule has 0 saturated carbocycles. The van der Waals surface area contributed by atoms with Crippen LogP contribution in [-0.2, 0) is 13.1 Å². The summed E-state index contributed by atoms with van der Waals surface area (Å²) < 4.78 is 0. The summed E-state index contributed by atoms with van der Waals surface area (Å²) in [5.41, 5.74) is 1.35. The lowest BCUT2D eigenvalue weighted by molar-refractivity contribution is 0.701. The second-order valence-corrected chi connectivity index (χ2v) is 5.61. The lowest BCUT2D eigenvalue weighted by atomic mass is 10.3. The van der Waals surface area contributed by atoms with E-state index in [9.17, 15) is 0 Å². The Morgan fingerprint density at radius 3 is 2.76 bits per heavy atom. The molecule has 2 heterocycles. The normalized spacial score (nSPS) is 10.0. The minimum Gasteiger partial charge on any atom is -0.354 e. The van der Waals surface area contributed by atoms with E-state index in [2.05, 4.69) is 27.1 Å². The van der Waals surface area contributed by atoms with E-state index in [1.165, 1.54) is 10.4 Å². The third kappa shape index (κ3) is 4.27. The summed E-state index contributed by atoms with van der Waals surface area (Å²) in [7, 11) is 4.03. The Morgan fingerprint density at radius 2 is 2.18 bits per heavy atom. The summed E-state index contributed by atoms with van der Waals surface area (Å²) in [5, 5.41) is 8.75. The molecule has 0 radical (unpaired) electrons. The molecular weight excluding hydrogens is 274 g/mol. The van der Waals surface area contributed by atoms with Crippen molar-refractivity contribution in [1.29, 1.82) is 0 Å². The SMILES string of the molecule is CN(C)c1ncc(CNCc2ccsc2)s1.Cl. The fraction of sp³-hybridized carbons (Fsp3) is 0.364. The topological polar surface area (TPSA) is 28.2 Å². The summed E-state index contributed by atoms with van der Waals surface area (Å²) in [6, 6.07) is 2.15. The standard InChI is InChI=1S/C11H15N3S2.ClH/c1-14(2)11-13-7-10(16-11)6-12-5-9-3-4-15-8-9;/h3-4,7-8,12H,5-6H2,1-2H3;1H. The minimum absolute atomic E-state index is 0. The molecule has 0 aliphatic rings. The molecule has 0 aromatic carbocycles. The van der Waals surface area contributed by atoms with E-state index in [0.717, 1.165) is 18.2 Å². The first-order valence-electron chi connectivity index (χ1n) is 5.09. The average Bonchev–Trinajstić information content (AvgIpc) is 2.87. The van der Waals surface area contributed by atoms with Crippen LogP contribution in [0.4, 0.5) is 5.13 Å². The Morgan fingerprint density at radius 1 is 1.35 bits per heavy atom. The van der Waals surface area contributed by atoms with Gasteiger partial charge >= 0.3 is 0 Å². The van der Waals surface area contributed by atoms with Crippen LogP contribution in [0.25, 0.3) is 0 Å². The number of thiophene rings is 1. The van der Waals surface area contributed by atoms with Gasteiger partial charge in [0.05, 0.1) is 0 Å². The van der Waals surface area contributed by atoms with Crippen LogP contribution in [0.1, 0.15) is 10.4 Å². The van der Waals surface area contributed by atoms with Crippen molar-refractivity contribution in [3.8, 4) is 0 Å². The number of nitrogens with zero attached hydrogens (tertiary/aromatic N) is 2. The van der Waals surface area contributed by atoms with E-state index < -0.39 is 0 Å². The zero-order valence-electron chi connectivity index (χ0n) is 9.84. The Bertz CT molecular complexity index is 426.